The number of aromatic nitrogens is 3. The Bertz CT molecular complexity index is 1030. The second kappa shape index (κ2) is 8.94. The molecular weight excluding hydrogens is 385 g/mol. The predicted octanol–water partition coefficient (Wildman–Crippen LogP) is 4.87. The standard InChI is InChI=1S/C22H24FN5O2/c1-28-14-15(13-25-28)21-12-18(9-10-24-21)30-17-7-8-20(19(23)11-17)27-22(29)26-16-5-3-2-4-6-16/h7-14,16H,2-6H2,1H3,(H2,26,27,29). The maximum Gasteiger partial charge on any atom is 0.319 e. The maximum absolute atomic E-state index is 14.5. The second-order valence-electron chi connectivity index (χ2n) is 7.46. The van der Waals surface area contributed by atoms with Gasteiger partial charge in [0.1, 0.15) is 17.3 Å². The predicted molar refractivity (Wildman–Crippen MR) is 112 cm³/mol. The lowest BCUT2D eigenvalue weighted by molar-refractivity contribution is 0.244. The van der Waals surface area contributed by atoms with Crippen molar-refractivity contribution in [2.45, 2.75) is 38.1 Å². The van der Waals surface area contributed by atoms with Crippen LogP contribution in [0.15, 0.2) is 48.9 Å². The Hall–Kier alpha value is -3.42. The van der Waals surface area contributed by atoms with Crippen molar-refractivity contribution >= 4 is 11.7 Å². The van der Waals surface area contributed by atoms with E-state index in [1.54, 1.807) is 35.3 Å². The number of nitrogens with one attached hydrogen (secondary N) is 2. The highest BCUT2D eigenvalue weighted by molar-refractivity contribution is 5.89. The van der Waals surface area contributed by atoms with E-state index >= 15 is 0 Å². The van der Waals surface area contributed by atoms with Crippen LogP contribution in [0.4, 0.5) is 14.9 Å². The number of amides is 2. The summed E-state index contributed by atoms with van der Waals surface area (Å²) in [5.74, 6) is 0.293. The lowest BCUT2D eigenvalue weighted by Crippen LogP contribution is -2.39. The molecule has 2 aromatic heterocycles. The molecule has 0 radical (unpaired) electrons. The van der Waals surface area contributed by atoms with Gasteiger partial charge < -0.3 is 15.4 Å². The molecule has 7 nitrogen and oxygen atoms in total. The molecule has 3 aromatic rings. The fourth-order valence-electron chi connectivity index (χ4n) is 3.57. The summed E-state index contributed by atoms with van der Waals surface area (Å²) in [6, 6.07) is 7.59. The molecule has 2 amide bonds. The van der Waals surface area contributed by atoms with Crippen molar-refractivity contribution in [2.75, 3.05) is 5.32 Å². The normalized spacial score (nSPS) is 14.3. The molecule has 0 unspecified atom stereocenters. The monoisotopic (exact) mass is 409 g/mol. The minimum atomic E-state index is -0.562. The van der Waals surface area contributed by atoms with Gasteiger partial charge >= 0.3 is 6.03 Å². The molecular formula is C22H24FN5O2. The number of hydrogen-bond acceptors (Lipinski definition) is 4. The third-order valence-corrected chi connectivity index (χ3v) is 5.10. The van der Waals surface area contributed by atoms with Gasteiger partial charge in [-0.3, -0.25) is 9.67 Å². The van der Waals surface area contributed by atoms with E-state index < -0.39 is 5.82 Å². The Morgan fingerprint density at radius 3 is 2.70 bits per heavy atom. The fraction of sp³-hybridized carbons (Fsp3) is 0.318. The van der Waals surface area contributed by atoms with Crippen molar-refractivity contribution in [1.29, 1.82) is 0 Å². The highest BCUT2D eigenvalue weighted by Gasteiger charge is 2.16. The summed E-state index contributed by atoms with van der Waals surface area (Å²) < 4.78 is 22.0. The molecule has 1 saturated carbocycles. The number of carbonyl (C=O) groups is 1. The van der Waals surface area contributed by atoms with Crippen LogP contribution in [-0.2, 0) is 7.05 Å². The minimum absolute atomic E-state index is 0.112. The van der Waals surface area contributed by atoms with Crippen molar-refractivity contribution < 1.29 is 13.9 Å². The van der Waals surface area contributed by atoms with Gasteiger partial charge in [-0.1, -0.05) is 19.3 Å². The molecule has 156 valence electrons. The highest BCUT2D eigenvalue weighted by Crippen LogP contribution is 2.28. The van der Waals surface area contributed by atoms with Crippen molar-refractivity contribution in [3.63, 3.8) is 0 Å². The Labute approximate surface area is 174 Å². The van der Waals surface area contributed by atoms with E-state index in [9.17, 15) is 9.18 Å². The number of benzene rings is 1. The van der Waals surface area contributed by atoms with E-state index in [1.807, 2.05) is 13.2 Å². The van der Waals surface area contributed by atoms with Crippen LogP contribution in [-0.4, -0.2) is 26.8 Å². The number of pyridine rings is 1. The van der Waals surface area contributed by atoms with Gasteiger partial charge in [0.2, 0.25) is 0 Å². The first kappa shape index (κ1) is 19.9. The number of hydrogen-bond donors (Lipinski definition) is 2. The van der Waals surface area contributed by atoms with Gasteiger partial charge in [-0.05, 0) is 31.0 Å². The molecule has 1 aliphatic rings. The molecule has 1 aromatic carbocycles. The van der Waals surface area contributed by atoms with Crippen LogP contribution in [0.2, 0.25) is 0 Å². The summed E-state index contributed by atoms with van der Waals surface area (Å²) in [6.07, 6.45) is 10.6. The highest BCUT2D eigenvalue weighted by atomic mass is 19.1. The number of rotatable bonds is 5. The first-order valence-electron chi connectivity index (χ1n) is 10.1. The van der Waals surface area contributed by atoms with Crippen LogP contribution in [0, 0.1) is 5.82 Å². The van der Waals surface area contributed by atoms with E-state index in [-0.39, 0.29) is 17.8 Å². The van der Waals surface area contributed by atoms with Gasteiger partial charge in [0.25, 0.3) is 0 Å². The molecule has 2 heterocycles. The number of ether oxygens (including phenoxy) is 1. The van der Waals surface area contributed by atoms with Crippen molar-refractivity contribution in [3.05, 3.63) is 54.7 Å². The van der Waals surface area contributed by atoms with Gasteiger partial charge in [0, 0.05) is 43.2 Å². The van der Waals surface area contributed by atoms with Crippen molar-refractivity contribution in [2.24, 2.45) is 7.05 Å². The van der Waals surface area contributed by atoms with E-state index in [4.69, 9.17) is 4.74 Å². The topological polar surface area (TPSA) is 81.1 Å². The average Bonchev–Trinajstić information content (AvgIpc) is 3.17. The first-order valence-corrected chi connectivity index (χ1v) is 10.1. The van der Waals surface area contributed by atoms with E-state index in [0.717, 1.165) is 31.2 Å². The lowest BCUT2D eigenvalue weighted by atomic mass is 9.96. The number of anilines is 1. The summed E-state index contributed by atoms with van der Waals surface area (Å²) >= 11 is 0. The zero-order chi connectivity index (χ0) is 20.9. The zero-order valence-corrected chi connectivity index (χ0v) is 16.8. The third kappa shape index (κ3) is 4.94. The van der Waals surface area contributed by atoms with E-state index in [1.165, 1.54) is 18.6 Å². The van der Waals surface area contributed by atoms with Crippen LogP contribution in [0.5, 0.6) is 11.5 Å². The molecule has 0 spiro atoms. The van der Waals surface area contributed by atoms with E-state index in [0.29, 0.717) is 17.2 Å². The number of carbonyl (C=O) groups excluding carboxylic acids is 1. The van der Waals surface area contributed by atoms with Crippen LogP contribution < -0.4 is 15.4 Å². The van der Waals surface area contributed by atoms with Crippen LogP contribution in [0.25, 0.3) is 11.3 Å². The smallest absolute Gasteiger partial charge is 0.319 e. The third-order valence-electron chi connectivity index (χ3n) is 5.10. The SMILES string of the molecule is Cn1cc(-c2cc(Oc3ccc(NC(=O)NC4CCCCC4)c(F)c3)ccn2)cn1. The Morgan fingerprint density at radius 2 is 1.97 bits per heavy atom. The molecule has 8 heteroatoms. The Balaban J connectivity index is 1.40. The van der Waals surface area contributed by atoms with Gasteiger partial charge in [-0.2, -0.15) is 5.10 Å². The molecule has 4 rings (SSSR count). The average molecular weight is 409 g/mol. The summed E-state index contributed by atoms with van der Waals surface area (Å²) in [5, 5.41) is 9.63. The Morgan fingerprint density at radius 1 is 1.17 bits per heavy atom. The van der Waals surface area contributed by atoms with Gasteiger partial charge in [0.15, 0.2) is 0 Å². The summed E-state index contributed by atoms with van der Waals surface area (Å²) in [4.78, 5) is 16.5. The minimum Gasteiger partial charge on any atom is -0.457 e. The van der Waals surface area contributed by atoms with Crippen LogP contribution >= 0.6 is 0 Å². The second-order valence-corrected chi connectivity index (χ2v) is 7.46. The molecule has 0 atom stereocenters. The van der Waals surface area contributed by atoms with Gasteiger partial charge in [0.05, 0.1) is 17.6 Å². The summed E-state index contributed by atoms with van der Waals surface area (Å²) in [5.41, 5.74) is 1.68. The van der Waals surface area contributed by atoms with Crippen molar-refractivity contribution in [1.82, 2.24) is 20.1 Å². The van der Waals surface area contributed by atoms with Crippen LogP contribution in [0.3, 0.4) is 0 Å². The molecule has 0 bridgehead atoms. The first-order chi connectivity index (χ1) is 14.6. The number of nitrogens with zero attached hydrogens (tertiary/aromatic N) is 3. The zero-order valence-electron chi connectivity index (χ0n) is 16.8. The summed E-state index contributed by atoms with van der Waals surface area (Å²) in [6.45, 7) is 0. The Kier molecular flexibility index (Phi) is 5.92. The van der Waals surface area contributed by atoms with Crippen LogP contribution in [0.1, 0.15) is 32.1 Å². The summed E-state index contributed by atoms with van der Waals surface area (Å²) in [7, 11) is 1.83. The number of urea groups is 1. The van der Waals surface area contributed by atoms with Crippen molar-refractivity contribution in [3.8, 4) is 22.8 Å². The molecule has 1 fully saturated rings. The molecule has 30 heavy (non-hydrogen) atoms. The quantitative estimate of drug-likeness (QED) is 0.630. The molecule has 1 aliphatic carbocycles. The largest absolute Gasteiger partial charge is 0.457 e. The van der Waals surface area contributed by atoms with Gasteiger partial charge in [-0.25, -0.2) is 9.18 Å². The fourth-order valence-corrected chi connectivity index (χ4v) is 3.57. The molecule has 0 aliphatic heterocycles. The molecule has 2 N–H and O–H groups in total. The van der Waals surface area contributed by atoms with Gasteiger partial charge in [-0.15, -0.1) is 0 Å². The van der Waals surface area contributed by atoms with E-state index in [2.05, 4.69) is 20.7 Å². The number of halogens is 1. The number of aryl methyl sites for hydroxylation is 1. The molecule has 0 saturated heterocycles. The lowest BCUT2D eigenvalue weighted by Gasteiger charge is -2.23. The maximum atomic E-state index is 14.5.